The molecule has 0 atom stereocenters. The SMILES string of the molecule is N#Cc1cnc(N)c(OC(F)(F)F)c1S(N)(=O)=O. The Morgan fingerprint density at radius 1 is 1.44 bits per heavy atom. The second-order valence-electron chi connectivity index (χ2n) is 2.92. The summed E-state index contributed by atoms with van der Waals surface area (Å²) in [5, 5.41) is 13.3. The van der Waals surface area contributed by atoms with Gasteiger partial charge in [0.15, 0.2) is 11.6 Å². The number of halogens is 3. The van der Waals surface area contributed by atoms with E-state index in [1.165, 1.54) is 6.07 Å². The number of aromatic nitrogens is 1. The summed E-state index contributed by atoms with van der Waals surface area (Å²) < 4.78 is 62.1. The molecule has 0 fully saturated rings. The number of hydrogen-bond acceptors (Lipinski definition) is 6. The summed E-state index contributed by atoms with van der Waals surface area (Å²) in [5.74, 6) is -2.17. The molecule has 1 aromatic rings. The molecule has 0 spiro atoms. The van der Waals surface area contributed by atoms with Gasteiger partial charge in [0, 0.05) is 6.20 Å². The third kappa shape index (κ3) is 2.99. The molecule has 0 unspecified atom stereocenters. The molecule has 0 bridgehead atoms. The zero-order valence-electron chi connectivity index (χ0n) is 8.39. The van der Waals surface area contributed by atoms with Gasteiger partial charge in [0.05, 0.1) is 5.56 Å². The highest BCUT2D eigenvalue weighted by Gasteiger charge is 2.36. The number of rotatable bonds is 2. The van der Waals surface area contributed by atoms with Crippen LogP contribution >= 0.6 is 0 Å². The number of nitrogens with two attached hydrogens (primary N) is 2. The lowest BCUT2D eigenvalue weighted by Gasteiger charge is -2.14. The van der Waals surface area contributed by atoms with E-state index in [2.05, 4.69) is 9.72 Å². The molecular formula is C7H5F3N4O3S. The van der Waals surface area contributed by atoms with Crippen molar-refractivity contribution in [2.45, 2.75) is 11.3 Å². The van der Waals surface area contributed by atoms with Crippen LogP contribution in [0.2, 0.25) is 0 Å². The highest BCUT2D eigenvalue weighted by molar-refractivity contribution is 7.89. The van der Waals surface area contributed by atoms with Crippen LogP contribution in [0.3, 0.4) is 0 Å². The molecule has 0 aliphatic heterocycles. The Kier molecular flexibility index (Phi) is 3.36. The smallest absolute Gasteiger partial charge is 0.400 e. The van der Waals surface area contributed by atoms with Gasteiger partial charge in [-0.3, -0.25) is 0 Å². The van der Waals surface area contributed by atoms with Gasteiger partial charge < -0.3 is 10.5 Å². The Morgan fingerprint density at radius 2 is 2.00 bits per heavy atom. The van der Waals surface area contributed by atoms with Crippen LogP contribution in [0.4, 0.5) is 19.0 Å². The Bertz CT molecular complexity index is 620. The Morgan fingerprint density at radius 3 is 2.39 bits per heavy atom. The number of hydrogen-bond donors (Lipinski definition) is 2. The lowest BCUT2D eigenvalue weighted by Crippen LogP contribution is -2.23. The molecule has 4 N–H and O–H groups in total. The third-order valence-corrected chi connectivity index (χ3v) is 2.61. The summed E-state index contributed by atoms with van der Waals surface area (Å²) in [6, 6.07) is 1.33. The van der Waals surface area contributed by atoms with Crippen LogP contribution in [0.25, 0.3) is 0 Å². The van der Waals surface area contributed by atoms with Crippen molar-refractivity contribution in [1.29, 1.82) is 5.26 Å². The average molecular weight is 282 g/mol. The van der Waals surface area contributed by atoms with E-state index in [4.69, 9.17) is 16.1 Å². The van der Waals surface area contributed by atoms with E-state index in [1.54, 1.807) is 0 Å². The van der Waals surface area contributed by atoms with Gasteiger partial charge in [-0.25, -0.2) is 18.5 Å². The second kappa shape index (κ2) is 4.31. The van der Waals surface area contributed by atoms with Gasteiger partial charge in [-0.15, -0.1) is 13.2 Å². The van der Waals surface area contributed by atoms with Gasteiger partial charge in [-0.05, 0) is 0 Å². The largest absolute Gasteiger partial charge is 0.573 e. The van der Waals surface area contributed by atoms with E-state index in [0.717, 1.165) is 0 Å². The fraction of sp³-hybridized carbons (Fsp3) is 0.143. The number of sulfonamides is 1. The Labute approximate surface area is 98.8 Å². The molecule has 0 amide bonds. The highest BCUT2D eigenvalue weighted by atomic mass is 32.2. The number of nitrogen functional groups attached to an aromatic ring is 1. The molecule has 0 aliphatic rings. The maximum Gasteiger partial charge on any atom is 0.573 e. The predicted molar refractivity (Wildman–Crippen MR) is 51.4 cm³/mol. The topological polar surface area (TPSA) is 132 Å². The monoisotopic (exact) mass is 282 g/mol. The molecule has 0 saturated heterocycles. The third-order valence-electron chi connectivity index (χ3n) is 1.64. The Hall–Kier alpha value is -2.06. The van der Waals surface area contributed by atoms with Crippen molar-refractivity contribution in [1.82, 2.24) is 4.98 Å². The molecule has 0 aromatic carbocycles. The summed E-state index contributed by atoms with van der Waals surface area (Å²) in [6.07, 6.45) is -4.53. The molecule has 1 rings (SSSR count). The average Bonchev–Trinajstić information content (AvgIpc) is 2.17. The van der Waals surface area contributed by atoms with Crippen molar-refractivity contribution in [3.8, 4) is 11.8 Å². The van der Waals surface area contributed by atoms with Crippen molar-refractivity contribution in [3.05, 3.63) is 11.8 Å². The fourth-order valence-corrected chi connectivity index (χ4v) is 1.88. The number of nitriles is 1. The van der Waals surface area contributed by atoms with Gasteiger partial charge >= 0.3 is 6.36 Å². The second-order valence-corrected chi connectivity index (χ2v) is 4.42. The first-order chi connectivity index (χ1) is 8.06. The highest BCUT2D eigenvalue weighted by Crippen LogP contribution is 2.34. The summed E-state index contributed by atoms with van der Waals surface area (Å²) in [5.41, 5.74) is 4.38. The van der Waals surface area contributed by atoms with Gasteiger partial charge in [-0.2, -0.15) is 5.26 Å². The molecule has 18 heavy (non-hydrogen) atoms. The van der Waals surface area contributed by atoms with Crippen molar-refractivity contribution in [3.63, 3.8) is 0 Å². The molecule has 0 aliphatic carbocycles. The minimum Gasteiger partial charge on any atom is -0.400 e. The van der Waals surface area contributed by atoms with Crippen LogP contribution in [0.1, 0.15) is 5.56 Å². The standard InChI is InChI=1S/C7H5F3N4O3S/c8-7(9,10)17-4-5(18(13,15)16)3(1-11)2-14-6(4)12/h2H,(H2,12,14)(H2,13,15,16). The summed E-state index contributed by atoms with van der Waals surface area (Å²) in [7, 11) is -4.64. The van der Waals surface area contributed by atoms with E-state index in [0.29, 0.717) is 6.20 Å². The van der Waals surface area contributed by atoms with Crippen molar-refractivity contribution in [2.75, 3.05) is 5.73 Å². The van der Waals surface area contributed by atoms with Gasteiger partial charge in [0.2, 0.25) is 10.0 Å². The molecule has 98 valence electrons. The molecule has 1 aromatic heterocycles. The first kappa shape index (κ1) is 14.0. The number of anilines is 1. The van der Waals surface area contributed by atoms with Gasteiger partial charge in [0.25, 0.3) is 0 Å². The number of alkyl halides is 3. The maximum atomic E-state index is 12.1. The van der Waals surface area contributed by atoms with Crippen LogP contribution in [0, 0.1) is 11.3 Å². The van der Waals surface area contributed by atoms with Crippen LogP contribution in [-0.2, 0) is 10.0 Å². The van der Waals surface area contributed by atoms with Gasteiger partial charge in [0.1, 0.15) is 11.0 Å². The van der Waals surface area contributed by atoms with Crippen LogP contribution < -0.4 is 15.6 Å². The maximum absolute atomic E-state index is 12.1. The van der Waals surface area contributed by atoms with E-state index in [-0.39, 0.29) is 0 Å². The Balaban J connectivity index is 3.64. The summed E-state index contributed by atoms with van der Waals surface area (Å²) in [6.45, 7) is 0. The summed E-state index contributed by atoms with van der Waals surface area (Å²) >= 11 is 0. The lowest BCUT2D eigenvalue weighted by molar-refractivity contribution is -0.275. The first-order valence-corrected chi connectivity index (χ1v) is 5.58. The minimum atomic E-state index is -5.21. The fourth-order valence-electron chi connectivity index (χ4n) is 1.07. The number of pyridine rings is 1. The van der Waals surface area contributed by atoms with E-state index in [1.807, 2.05) is 0 Å². The minimum absolute atomic E-state index is 0.679. The van der Waals surface area contributed by atoms with E-state index < -0.39 is 38.4 Å². The van der Waals surface area contributed by atoms with Crippen LogP contribution in [-0.4, -0.2) is 19.8 Å². The molecular weight excluding hydrogens is 277 g/mol. The van der Waals surface area contributed by atoms with Crippen LogP contribution in [0.5, 0.6) is 5.75 Å². The zero-order chi connectivity index (χ0) is 14.1. The molecule has 7 nitrogen and oxygen atoms in total. The van der Waals surface area contributed by atoms with E-state index in [9.17, 15) is 21.6 Å². The first-order valence-electron chi connectivity index (χ1n) is 4.03. The molecule has 0 radical (unpaired) electrons. The number of primary sulfonamides is 1. The zero-order valence-corrected chi connectivity index (χ0v) is 9.21. The van der Waals surface area contributed by atoms with Gasteiger partial charge in [-0.1, -0.05) is 0 Å². The van der Waals surface area contributed by atoms with Crippen molar-refractivity contribution in [2.24, 2.45) is 5.14 Å². The normalized spacial score (nSPS) is 11.9. The van der Waals surface area contributed by atoms with Crippen molar-refractivity contribution >= 4 is 15.8 Å². The van der Waals surface area contributed by atoms with Crippen molar-refractivity contribution < 1.29 is 26.3 Å². The number of nitrogens with zero attached hydrogens (tertiary/aromatic N) is 2. The molecule has 1 heterocycles. The van der Waals surface area contributed by atoms with Crippen LogP contribution in [0.15, 0.2) is 11.1 Å². The molecule has 11 heteroatoms. The quantitative estimate of drug-likeness (QED) is 0.789. The van der Waals surface area contributed by atoms with E-state index >= 15 is 0 Å². The molecule has 0 saturated carbocycles. The summed E-state index contributed by atoms with van der Waals surface area (Å²) in [4.78, 5) is 2.06. The lowest BCUT2D eigenvalue weighted by atomic mass is 10.3. The number of ether oxygens (including phenoxy) is 1. The predicted octanol–water partition coefficient (Wildman–Crippen LogP) is 0.0815.